The van der Waals surface area contributed by atoms with Crippen molar-refractivity contribution in [3.05, 3.63) is 89.1 Å². The summed E-state index contributed by atoms with van der Waals surface area (Å²) in [6, 6.07) is 20.6. The molecule has 200 valence electrons. The van der Waals surface area contributed by atoms with Crippen molar-refractivity contribution in [2.75, 3.05) is 34.4 Å². The Morgan fingerprint density at radius 3 is 2.41 bits per heavy atom. The smallest absolute Gasteiger partial charge is 0.246 e. The Balaban J connectivity index is 1.33. The monoisotopic (exact) mass is 525 g/mol. The molecule has 0 bridgehead atoms. The van der Waals surface area contributed by atoms with Crippen molar-refractivity contribution in [1.82, 2.24) is 14.8 Å². The van der Waals surface area contributed by atoms with Gasteiger partial charge in [0, 0.05) is 29.6 Å². The third-order valence-corrected chi connectivity index (χ3v) is 7.89. The molecule has 0 aliphatic carbocycles. The lowest BCUT2D eigenvalue weighted by Gasteiger charge is -2.47. The fourth-order valence-corrected chi connectivity index (χ4v) is 5.95. The van der Waals surface area contributed by atoms with E-state index in [1.807, 2.05) is 60.7 Å². The number of methoxy groups -OCH3 is 3. The molecular formula is C31H31N3O5. The van der Waals surface area contributed by atoms with Gasteiger partial charge in [0.15, 0.2) is 11.5 Å². The van der Waals surface area contributed by atoms with Crippen molar-refractivity contribution in [2.45, 2.75) is 24.9 Å². The number of hydrogen-bond donors (Lipinski definition) is 1. The number of nitrogens with zero attached hydrogens (tertiary/aromatic N) is 2. The molecule has 8 heteroatoms. The normalized spacial score (nSPS) is 18.6. The molecule has 1 fully saturated rings. The number of benzene rings is 3. The van der Waals surface area contributed by atoms with Gasteiger partial charge in [-0.2, -0.15) is 0 Å². The second-order valence-electron chi connectivity index (χ2n) is 9.96. The molecule has 2 atom stereocenters. The average molecular weight is 526 g/mol. The Hall–Kier alpha value is -4.46. The summed E-state index contributed by atoms with van der Waals surface area (Å²) in [4.78, 5) is 34.8. The first-order chi connectivity index (χ1) is 19.0. The van der Waals surface area contributed by atoms with E-state index < -0.39 is 6.04 Å². The minimum atomic E-state index is -0.574. The van der Waals surface area contributed by atoms with Gasteiger partial charge >= 0.3 is 0 Å². The molecule has 1 aromatic heterocycles. The minimum absolute atomic E-state index is 0.0236. The standard InChI is InChI=1S/C31H31N3O5/c1-37-21-11-9-20(10-12-21)30-29-23(22-6-4-5-7-24(22)32-29)17-25-31(36)33(18-28(35)34(25)30)15-14-19-8-13-26(38-2)27(16-19)39-3/h4-13,16,25,30,32H,14-15,17-18H2,1-3H3/t25-,30?/m1/s1. The van der Waals surface area contributed by atoms with Crippen LogP contribution in [0.4, 0.5) is 0 Å². The van der Waals surface area contributed by atoms with E-state index in [9.17, 15) is 9.59 Å². The van der Waals surface area contributed by atoms with Crippen LogP contribution in [-0.2, 0) is 22.4 Å². The molecule has 0 saturated carbocycles. The summed E-state index contributed by atoms with van der Waals surface area (Å²) in [5.74, 6) is 1.96. The average Bonchev–Trinajstić information content (AvgIpc) is 3.35. The van der Waals surface area contributed by atoms with Crippen molar-refractivity contribution in [1.29, 1.82) is 0 Å². The molecule has 8 nitrogen and oxygen atoms in total. The second-order valence-corrected chi connectivity index (χ2v) is 9.96. The van der Waals surface area contributed by atoms with E-state index in [1.54, 1.807) is 31.1 Å². The number of para-hydroxylation sites is 1. The Bertz CT molecular complexity index is 1540. The fraction of sp³-hybridized carbons (Fsp3) is 0.290. The number of carbonyl (C=O) groups excluding carboxylic acids is 2. The SMILES string of the molecule is COc1ccc(C2c3[nH]c4ccccc4c3C[C@@H]3C(=O)N(CCc4ccc(OC)c(OC)c4)CC(=O)N23)cc1. The van der Waals surface area contributed by atoms with Gasteiger partial charge in [-0.25, -0.2) is 0 Å². The summed E-state index contributed by atoms with van der Waals surface area (Å²) < 4.78 is 16.1. The molecule has 3 aromatic carbocycles. The molecule has 2 amide bonds. The number of fused-ring (bicyclic) bond motifs is 4. The first-order valence-electron chi connectivity index (χ1n) is 13.1. The molecule has 4 aromatic rings. The zero-order valence-electron chi connectivity index (χ0n) is 22.3. The molecule has 6 rings (SSSR count). The highest BCUT2D eigenvalue weighted by Crippen LogP contribution is 2.42. The van der Waals surface area contributed by atoms with E-state index in [2.05, 4.69) is 11.1 Å². The first-order valence-corrected chi connectivity index (χ1v) is 13.1. The number of piperazine rings is 1. The van der Waals surface area contributed by atoms with Crippen molar-refractivity contribution < 1.29 is 23.8 Å². The lowest BCUT2D eigenvalue weighted by Crippen LogP contribution is -2.63. The Morgan fingerprint density at radius 1 is 0.897 bits per heavy atom. The number of nitrogens with one attached hydrogen (secondary N) is 1. The number of aromatic nitrogens is 1. The van der Waals surface area contributed by atoms with Gasteiger partial charge < -0.3 is 29.0 Å². The van der Waals surface area contributed by atoms with Gasteiger partial charge in [-0.15, -0.1) is 0 Å². The second kappa shape index (κ2) is 10.0. The van der Waals surface area contributed by atoms with E-state index in [1.165, 1.54) is 0 Å². The van der Waals surface area contributed by atoms with Crippen LogP contribution >= 0.6 is 0 Å². The maximum Gasteiger partial charge on any atom is 0.246 e. The summed E-state index contributed by atoms with van der Waals surface area (Å²) in [5, 5.41) is 1.09. The van der Waals surface area contributed by atoms with E-state index in [4.69, 9.17) is 14.2 Å². The summed E-state index contributed by atoms with van der Waals surface area (Å²) in [6.07, 6.45) is 1.08. The highest BCUT2D eigenvalue weighted by Gasteiger charge is 2.48. The van der Waals surface area contributed by atoms with Gasteiger partial charge in [0.2, 0.25) is 11.8 Å². The third-order valence-electron chi connectivity index (χ3n) is 7.89. The third kappa shape index (κ3) is 4.26. The number of H-pyrrole nitrogens is 1. The van der Waals surface area contributed by atoms with Gasteiger partial charge in [-0.3, -0.25) is 9.59 Å². The molecule has 2 aliphatic rings. The first kappa shape index (κ1) is 24.9. The van der Waals surface area contributed by atoms with Crippen LogP contribution in [0.2, 0.25) is 0 Å². The molecule has 1 N–H and O–H groups in total. The van der Waals surface area contributed by atoms with E-state index >= 15 is 0 Å². The molecule has 1 saturated heterocycles. The quantitative estimate of drug-likeness (QED) is 0.393. The van der Waals surface area contributed by atoms with Crippen LogP contribution in [0.15, 0.2) is 66.7 Å². The molecule has 39 heavy (non-hydrogen) atoms. The van der Waals surface area contributed by atoms with Crippen LogP contribution in [0.3, 0.4) is 0 Å². The van der Waals surface area contributed by atoms with Gasteiger partial charge in [0.25, 0.3) is 0 Å². The lowest BCUT2D eigenvalue weighted by atomic mass is 9.86. The lowest BCUT2D eigenvalue weighted by molar-refractivity contribution is -0.158. The van der Waals surface area contributed by atoms with Gasteiger partial charge in [-0.05, 0) is 53.4 Å². The topological polar surface area (TPSA) is 84.1 Å². The van der Waals surface area contributed by atoms with Crippen molar-refractivity contribution in [3.63, 3.8) is 0 Å². The van der Waals surface area contributed by atoms with Crippen LogP contribution in [-0.4, -0.2) is 67.1 Å². The number of carbonyl (C=O) groups is 2. The summed E-state index contributed by atoms with van der Waals surface area (Å²) in [7, 11) is 4.83. The van der Waals surface area contributed by atoms with Crippen LogP contribution < -0.4 is 14.2 Å². The molecule has 2 aliphatic heterocycles. The number of ether oxygens (including phenoxy) is 3. The molecule has 0 spiro atoms. The molecule has 0 radical (unpaired) electrons. The molecular weight excluding hydrogens is 494 g/mol. The molecule has 1 unspecified atom stereocenters. The maximum atomic E-state index is 14.0. The predicted octanol–water partition coefficient (Wildman–Crippen LogP) is 4.12. The maximum absolute atomic E-state index is 14.0. The number of amides is 2. The van der Waals surface area contributed by atoms with Gasteiger partial charge in [0.1, 0.15) is 11.8 Å². The highest BCUT2D eigenvalue weighted by atomic mass is 16.5. The zero-order valence-corrected chi connectivity index (χ0v) is 22.3. The minimum Gasteiger partial charge on any atom is -0.497 e. The summed E-state index contributed by atoms with van der Waals surface area (Å²) in [6.45, 7) is 0.489. The largest absolute Gasteiger partial charge is 0.497 e. The predicted molar refractivity (Wildman–Crippen MR) is 147 cm³/mol. The highest BCUT2D eigenvalue weighted by molar-refractivity contribution is 5.97. The Kier molecular flexibility index (Phi) is 6.38. The number of hydrogen-bond acceptors (Lipinski definition) is 5. The van der Waals surface area contributed by atoms with E-state index in [-0.39, 0.29) is 24.4 Å². The van der Waals surface area contributed by atoms with Crippen molar-refractivity contribution >= 4 is 22.7 Å². The summed E-state index contributed by atoms with van der Waals surface area (Å²) >= 11 is 0. The summed E-state index contributed by atoms with van der Waals surface area (Å²) in [5.41, 5.74) is 5.02. The number of rotatable bonds is 7. The van der Waals surface area contributed by atoms with E-state index in [0.29, 0.717) is 30.9 Å². The van der Waals surface area contributed by atoms with Crippen LogP contribution in [0.5, 0.6) is 17.2 Å². The van der Waals surface area contributed by atoms with Crippen molar-refractivity contribution in [2.24, 2.45) is 0 Å². The fourth-order valence-electron chi connectivity index (χ4n) is 5.95. The van der Waals surface area contributed by atoms with Crippen LogP contribution in [0.1, 0.15) is 28.4 Å². The van der Waals surface area contributed by atoms with Crippen LogP contribution in [0.25, 0.3) is 10.9 Å². The van der Waals surface area contributed by atoms with E-state index in [0.717, 1.165) is 39.0 Å². The number of aromatic amines is 1. The zero-order chi connectivity index (χ0) is 27.1. The Morgan fingerprint density at radius 2 is 1.67 bits per heavy atom. The van der Waals surface area contributed by atoms with Crippen molar-refractivity contribution in [3.8, 4) is 17.2 Å². The van der Waals surface area contributed by atoms with Gasteiger partial charge in [0.05, 0.1) is 33.9 Å². The Labute approximate surface area is 227 Å². The van der Waals surface area contributed by atoms with Crippen LogP contribution in [0, 0.1) is 0 Å². The van der Waals surface area contributed by atoms with Gasteiger partial charge in [-0.1, -0.05) is 36.4 Å². The molecule has 3 heterocycles.